The second-order valence-electron chi connectivity index (χ2n) is 5.02. The molecule has 0 fully saturated rings. The van der Waals surface area contributed by atoms with Crippen LogP contribution in [0.2, 0.25) is 0 Å². The Bertz CT molecular complexity index is 872. The zero-order valence-corrected chi connectivity index (χ0v) is 13.2. The van der Waals surface area contributed by atoms with Crippen molar-refractivity contribution in [3.63, 3.8) is 0 Å². The quantitative estimate of drug-likeness (QED) is 0.799. The van der Waals surface area contributed by atoms with Crippen LogP contribution in [0.5, 0.6) is 5.75 Å². The first kappa shape index (κ1) is 15.0. The molecule has 0 atom stereocenters. The van der Waals surface area contributed by atoms with E-state index in [0.29, 0.717) is 40.7 Å². The Labute approximate surface area is 133 Å². The van der Waals surface area contributed by atoms with E-state index in [1.54, 1.807) is 32.4 Å². The molecule has 0 bridgehead atoms. The maximum absolute atomic E-state index is 12.6. The van der Waals surface area contributed by atoms with E-state index in [0.717, 1.165) is 0 Å². The monoisotopic (exact) mass is 311 g/mol. The predicted octanol–water partition coefficient (Wildman–Crippen LogP) is 2.26. The first-order valence-corrected chi connectivity index (χ1v) is 7.29. The Morgan fingerprint density at radius 3 is 2.83 bits per heavy atom. The highest BCUT2D eigenvalue weighted by atomic mass is 16.5. The van der Waals surface area contributed by atoms with E-state index in [2.05, 4.69) is 20.4 Å². The van der Waals surface area contributed by atoms with Crippen molar-refractivity contribution in [1.82, 2.24) is 19.6 Å². The minimum atomic E-state index is -0.269. The summed E-state index contributed by atoms with van der Waals surface area (Å²) in [5.41, 5.74) is 1.64. The number of nitrogens with zero attached hydrogens (tertiary/aromatic N) is 4. The molecule has 7 nitrogen and oxygen atoms in total. The topological polar surface area (TPSA) is 81.4 Å². The molecule has 1 aromatic carbocycles. The standard InChI is InChI=1S/C16H17N5O2/c1-4-14-19-16-17-10(2)11(9-21(16)20-14)15(22)18-12-7-5-6-8-13(12)23-3/h5-9H,4H2,1-3H3,(H,18,22). The van der Waals surface area contributed by atoms with Gasteiger partial charge in [-0.1, -0.05) is 19.1 Å². The van der Waals surface area contributed by atoms with Crippen LogP contribution >= 0.6 is 0 Å². The fourth-order valence-corrected chi connectivity index (χ4v) is 2.26. The molecule has 23 heavy (non-hydrogen) atoms. The van der Waals surface area contributed by atoms with Crippen molar-refractivity contribution < 1.29 is 9.53 Å². The molecule has 0 aliphatic carbocycles. The Balaban J connectivity index is 1.95. The summed E-state index contributed by atoms with van der Waals surface area (Å²) in [4.78, 5) is 21.2. The van der Waals surface area contributed by atoms with E-state index < -0.39 is 0 Å². The van der Waals surface area contributed by atoms with E-state index in [4.69, 9.17) is 4.74 Å². The number of anilines is 1. The molecule has 7 heteroatoms. The molecular formula is C16H17N5O2. The highest BCUT2D eigenvalue weighted by molar-refractivity contribution is 6.05. The van der Waals surface area contributed by atoms with Crippen molar-refractivity contribution in [1.29, 1.82) is 0 Å². The number of aryl methyl sites for hydroxylation is 2. The van der Waals surface area contributed by atoms with E-state index in [9.17, 15) is 4.79 Å². The van der Waals surface area contributed by atoms with Gasteiger partial charge in [-0.25, -0.2) is 9.50 Å². The minimum absolute atomic E-state index is 0.269. The van der Waals surface area contributed by atoms with E-state index in [1.807, 2.05) is 19.1 Å². The maximum atomic E-state index is 12.6. The van der Waals surface area contributed by atoms with Gasteiger partial charge < -0.3 is 10.1 Å². The zero-order chi connectivity index (χ0) is 16.4. The number of aromatic nitrogens is 4. The van der Waals surface area contributed by atoms with E-state index in [1.165, 1.54) is 4.52 Å². The molecule has 3 rings (SSSR count). The van der Waals surface area contributed by atoms with Crippen LogP contribution in [-0.2, 0) is 6.42 Å². The smallest absolute Gasteiger partial charge is 0.259 e. The third-order valence-electron chi connectivity index (χ3n) is 3.48. The number of nitrogens with one attached hydrogen (secondary N) is 1. The first-order valence-electron chi connectivity index (χ1n) is 7.29. The average Bonchev–Trinajstić information content (AvgIpc) is 2.96. The number of fused-ring (bicyclic) bond motifs is 1. The molecule has 1 N–H and O–H groups in total. The third kappa shape index (κ3) is 2.85. The lowest BCUT2D eigenvalue weighted by atomic mass is 10.2. The SMILES string of the molecule is CCc1nc2nc(C)c(C(=O)Nc3ccccc3OC)cn2n1. The normalized spacial score (nSPS) is 10.7. The number of para-hydroxylation sites is 2. The van der Waals surface area contributed by atoms with Gasteiger partial charge in [-0.2, -0.15) is 4.98 Å². The summed E-state index contributed by atoms with van der Waals surface area (Å²) >= 11 is 0. The Kier molecular flexibility index (Phi) is 3.92. The number of hydrogen-bond acceptors (Lipinski definition) is 5. The number of methoxy groups -OCH3 is 1. The maximum Gasteiger partial charge on any atom is 0.259 e. The van der Waals surface area contributed by atoms with Crippen LogP contribution in [0.15, 0.2) is 30.5 Å². The van der Waals surface area contributed by atoms with Gasteiger partial charge in [0.25, 0.3) is 11.7 Å². The molecule has 0 spiro atoms. The molecule has 118 valence electrons. The van der Waals surface area contributed by atoms with Crippen molar-refractivity contribution in [3.8, 4) is 5.75 Å². The van der Waals surface area contributed by atoms with Crippen LogP contribution in [0.4, 0.5) is 5.69 Å². The van der Waals surface area contributed by atoms with Crippen LogP contribution in [0.1, 0.15) is 28.8 Å². The minimum Gasteiger partial charge on any atom is -0.495 e. The average molecular weight is 311 g/mol. The Morgan fingerprint density at radius 2 is 2.09 bits per heavy atom. The van der Waals surface area contributed by atoms with Crippen molar-refractivity contribution in [2.75, 3.05) is 12.4 Å². The Hall–Kier alpha value is -2.96. The van der Waals surface area contributed by atoms with Crippen LogP contribution in [-0.4, -0.2) is 32.6 Å². The van der Waals surface area contributed by atoms with Gasteiger partial charge in [-0.05, 0) is 19.1 Å². The summed E-state index contributed by atoms with van der Waals surface area (Å²) in [5.74, 6) is 1.52. The summed E-state index contributed by atoms with van der Waals surface area (Å²) in [5, 5.41) is 7.13. The third-order valence-corrected chi connectivity index (χ3v) is 3.48. The number of carbonyl (C=O) groups excluding carboxylic acids is 1. The predicted molar refractivity (Wildman–Crippen MR) is 85.8 cm³/mol. The fourth-order valence-electron chi connectivity index (χ4n) is 2.26. The van der Waals surface area contributed by atoms with Gasteiger partial charge in [0.15, 0.2) is 5.82 Å². The summed E-state index contributed by atoms with van der Waals surface area (Å²) < 4.78 is 6.77. The molecule has 0 radical (unpaired) electrons. The van der Waals surface area contributed by atoms with Gasteiger partial charge >= 0.3 is 0 Å². The molecule has 3 aromatic rings. The van der Waals surface area contributed by atoms with Crippen LogP contribution < -0.4 is 10.1 Å². The van der Waals surface area contributed by atoms with Crippen LogP contribution in [0.25, 0.3) is 5.78 Å². The lowest BCUT2D eigenvalue weighted by Gasteiger charge is -2.10. The van der Waals surface area contributed by atoms with Crippen molar-refractivity contribution in [2.45, 2.75) is 20.3 Å². The molecule has 0 saturated heterocycles. The van der Waals surface area contributed by atoms with E-state index >= 15 is 0 Å². The molecule has 0 unspecified atom stereocenters. The highest BCUT2D eigenvalue weighted by Crippen LogP contribution is 2.24. The largest absolute Gasteiger partial charge is 0.495 e. The summed E-state index contributed by atoms with van der Waals surface area (Å²) in [7, 11) is 1.56. The highest BCUT2D eigenvalue weighted by Gasteiger charge is 2.15. The van der Waals surface area contributed by atoms with Gasteiger partial charge in [-0.3, -0.25) is 4.79 Å². The fraction of sp³-hybridized carbons (Fsp3) is 0.250. The second-order valence-corrected chi connectivity index (χ2v) is 5.02. The number of hydrogen-bond donors (Lipinski definition) is 1. The first-order chi connectivity index (χ1) is 11.1. The van der Waals surface area contributed by atoms with Crippen LogP contribution in [0.3, 0.4) is 0 Å². The summed E-state index contributed by atoms with van der Waals surface area (Å²) in [6, 6.07) is 7.24. The molecule has 2 aromatic heterocycles. The molecule has 0 saturated carbocycles. The van der Waals surface area contributed by atoms with Gasteiger partial charge in [-0.15, -0.1) is 5.10 Å². The number of ether oxygens (including phenoxy) is 1. The lowest BCUT2D eigenvalue weighted by Crippen LogP contribution is -2.16. The zero-order valence-electron chi connectivity index (χ0n) is 13.2. The Morgan fingerprint density at radius 1 is 1.30 bits per heavy atom. The molecular weight excluding hydrogens is 294 g/mol. The summed E-state index contributed by atoms with van der Waals surface area (Å²) in [6.07, 6.45) is 2.36. The molecule has 2 heterocycles. The number of amides is 1. The number of rotatable bonds is 4. The van der Waals surface area contributed by atoms with Gasteiger partial charge in [0.1, 0.15) is 5.75 Å². The van der Waals surface area contributed by atoms with E-state index in [-0.39, 0.29) is 5.91 Å². The number of benzene rings is 1. The van der Waals surface area contributed by atoms with Gasteiger partial charge in [0.2, 0.25) is 0 Å². The van der Waals surface area contributed by atoms with Crippen LogP contribution in [0, 0.1) is 6.92 Å². The molecule has 0 aliphatic heterocycles. The lowest BCUT2D eigenvalue weighted by molar-refractivity contribution is 0.102. The second kappa shape index (κ2) is 6.04. The number of carbonyl (C=O) groups is 1. The van der Waals surface area contributed by atoms with Crippen molar-refractivity contribution >= 4 is 17.4 Å². The molecule has 1 amide bonds. The van der Waals surface area contributed by atoms with Gasteiger partial charge in [0.05, 0.1) is 24.1 Å². The summed E-state index contributed by atoms with van der Waals surface area (Å²) in [6.45, 7) is 3.74. The van der Waals surface area contributed by atoms with Crippen molar-refractivity contribution in [2.24, 2.45) is 0 Å². The van der Waals surface area contributed by atoms with Gasteiger partial charge in [0, 0.05) is 12.6 Å². The molecule has 0 aliphatic rings. The van der Waals surface area contributed by atoms with Crippen molar-refractivity contribution in [3.05, 3.63) is 47.5 Å².